The van der Waals surface area contributed by atoms with E-state index >= 15 is 0 Å². The summed E-state index contributed by atoms with van der Waals surface area (Å²) >= 11 is 0. The molecule has 0 unspecified atom stereocenters. The average molecular weight is 286 g/mol. The molecule has 1 saturated heterocycles. The van der Waals surface area contributed by atoms with E-state index in [4.69, 9.17) is 4.74 Å². The zero-order valence-electron chi connectivity index (χ0n) is 12.2. The van der Waals surface area contributed by atoms with Crippen LogP contribution in [-0.2, 0) is 16.0 Å². The molecule has 0 aromatic heterocycles. The normalized spacial score (nSPS) is 17.5. The van der Waals surface area contributed by atoms with E-state index in [0.29, 0.717) is 20.2 Å². The Kier molecular flexibility index (Phi) is 5.25. The van der Waals surface area contributed by atoms with Crippen LogP contribution in [0.1, 0.15) is 25.3 Å². The molecule has 1 aliphatic rings. The van der Waals surface area contributed by atoms with Crippen molar-refractivity contribution in [3.8, 4) is 0 Å². The third-order valence-electron chi connectivity index (χ3n) is 3.75. The maximum atomic E-state index is 12.0. The monoisotopic (exact) mass is 286 g/mol. The van der Waals surface area contributed by atoms with Crippen molar-refractivity contribution in [2.24, 2.45) is 4.99 Å². The molecule has 0 atom stereocenters. The number of ether oxygens (including phenoxy) is 1. The van der Waals surface area contributed by atoms with E-state index in [2.05, 4.69) is 4.99 Å². The summed E-state index contributed by atoms with van der Waals surface area (Å²) in [5.74, 6) is 0. The molecule has 1 heterocycles. The third-order valence-corrected chi connectivity index (χ3v) is 3.75. The Morgan fingerprint density at radius 1 is 1.38 bits per heavy atom. The molecule has 0 spiro atoms. The number of piperidine rings is 1. The molecule has 1 aliphatic heterocycles. The predicted molar refractivity (Wildman–Crippen MR) is 80.8 cm³/mol. The quantitative estimate of drug-likeness (QED) is 0.630. The van der Waals surface area contributed by atoms with E-state index in [9.17, 15) is 9.50 Å². The van der Waals surface area contributed by atoms with Gasteiger partial charge < -0.3 is 0 Å². The number of benzene rings is 1. The summed E-state index contributed by atoms with van der Waals surface area (Å²) in [6, 6.07) is 9.61. The first kappa shape index (κ1) is 15.4. The number of hydrogen-bond acceptors (Lipinski definition) is 4. The van der Waals surface area contributed by atoms with Gasteiger partial charge in [-0.25, -0.2) is 0 Å². The number of nitrogens with zero attached hydrogens (tertiary/aromatic N) is 2. The Hall–Kier alpha value is -1.98. The maximum absolute atomic E-state index is 12.0. The molecule has 6 heteroatoms. The number of aliphatic imine (C=N–C) groups is 1. The molecule has 110 valence electrons. The average Bonchev–Trinajstić information content (AvgIpc) is 2.52. The van der Waals surface area contributed by atoms with E-state index < -0.39 is 0 Å². The standard InChI is InChI=1S/C15H19BN2O3/c1-15(17-12-16-20)7-9-18(10-8-15)14(19)21-11-13-5-3-2-4-6-13/h2-6,12H,7-11H2,1H3. The van der Waals surface area contributed by atoms with Crippen LogP contribution >= 0.6 is 0 Å². The van der Waals surface area contributed by atoms with Gasteiger partial charge in [-0.1, -0.05) is 6.07 Å². The topological polar surface area (TPSA) is 59.0 Å². The van der Waals surface area contributed by atoms with Gasteiger partial charge in [0.25, 0.3) is 0 Å². The molecule has 2 rings (SSSR count). The predicted octanol–water partition coefficient (Wildman–Crippen LogP) is 2.26. The molecule has 21 heavy (non-hydrogen) atoms. The van der Waals surface area contributed by atoms with E-state index in [1.54, 1.807) is 4.90 Å². The van der Waals surface area contributed by atoms with E-state index in [1.807, 2.05) is 37.3 Å². The molecule has 0 aliphatic carbocycles. The second kappa shape index (κ2) is 7.15. The van der Waals surface area contributed by atoms with Crippen LogP contribution < -0.4 is 0 Å². The molecule has 1 fully saturated rings. The fourth-order valence-corrected chi connectivity index (χ4v) is 2.32. The molecule has 5 nitrogen and oxygen atoms in total. The van der Waals surface area contributed by atoms with Crippen molar-refractivity contribution in [1.29, 1.82) is 0 Å². The summed E-state index contributed by atoms with van der Waals surface area (Å²) in [6.07, 6.45) is 2.47. The Balaban J connectivity index is 1.80. The third kappa shape index (κ3) is 4.51. The molecule has 0 N–H and O–H groups in total. The van der Waals surface area contributed by atoms with Gasteiger partial charge in [0.05, 0.1) is 0 Å². The van der Waals surface area contributed by atoms with Crippen molar-refractivity contribution < 1.29 is 14.2 Å². The van der Waals surface area contributed by atoms with Crippen LogP contribution in [0.15, 0.2) is 35.3 Å². The number of hydrogen-bond donors (Lipinski definition) is 0. The first-order valence-electron chi connectivity index (χ1n) is 7.08. The van der Waals surface area contributed by atoms with Gasteiger partial charge in [0.1, 0.15) is 0 Å². The van der Waals surface area contributed by atoms with E-state index in [0.717, 1.165) is 18.4 Å². The Labute approximate surface area is 125 Å². The fourth-order valence-electron chi connectivity index (χ4n) is 2.32. The van der Waals surface area contributed by atoms with Crippen molar-refractivity contribution in [2.45, 2.75) is 31.9 Å². The zero-order valence-corrected chi connectivity index (χ0v) is 12.2. The summed E-state index contributed by atoms with van der Waals surface area (Å²) in [7, 11) is 0.686. The van der Waals surface area contributed by atoms with Gasteiger partial charge in [0.15, 0.2) is 0 Å². The van der Waals surface area contributed by atoms with Crippen LogP contribution in [0.4, 0.5) is 4.79 Å². The second-order valence-electron chi connectivity index (χ2n) is 5.44. The summed E-state index contributed by atoms with van der Waals surface area (Å²) in [4.78, 5) is 18.0. The molecule has 0 radical (unpaired) electrons. The van der Waals surface area contributed by atoms with Crippen LogP contribution in [-0.4, -0.2) is 42.9 Å². The van der Waals surface area contributed by atoms with Crippen LogP contribution in [0.2, 0.25) is 0 Å². The number of amides is 1. The van der Waals surface area contributed by atoms with Crippen LogP contribution in [0, 0.1) is 0 Å². The molecule has 0 saturated carbocycles. The fraction of sp³-hybridized carbons (Fsp3) is 0.467. The summed E-state index contributed by atoms with van der Waals surface area (Å²) < 4.78 is 15.7. The summed E-state index contributed by atoms with van der Waals surface area (Å²) in [6.45, 7) is 3.48. The zero-order chi connectivity index (χ0) is 15.1. The number of rotatable bonds is 4. The van der Waals surface area contributed by atoms with Crippen molar-refractivity contribution in [2.75, 3.05) is 13.1 Å². The Morgan fingerprint density at radius 3 is 2.67 bits per heavy atom. The van der Waals surface area contributed by atoms with Gasteiger partial charge in [0, 0.05) is 0 Å². The van der Waals surface area contributed by atoms with Crippen molar-refractivity contribution >= 4 is 19.4 Å². The van der Waals surface area contributed by atoms with Gasteiger partial charge in [0.2, 0.25) is 0 Å². The van der Waals surface area contributed by atoms with Gasteiger partial charge >= 0.3 is 118 Å². The summed E-state index contributed by atoms with van der Waals surface area (Å²) in [5, 5.41) is 0. The van der Waals surface area contributed by atoms with Gasteiger partial charge in [-0.15, -0.1) is 0 Å². The number of carbonyl (C=O) groups excluding carboxylic acids is 1. The first-order valence-corrected chi connectivity index (χ1v) is 7.08. The number of likely N-dealkylation sites (tertiary alicyclic amines) is 1. The van der Waals surface area contributed by atoms with Gasteiger partial charge in [-0.2, -0.15) is 0 Å². The van der Waals surface area contributed by atoms with Crippen LogP contribution in [0.5, 0.6) is 0 Å². The van der Waals surface area contributed by atoms with Crippen LogP contribution in [0.3, 0.4) is 0 Å². The van der Waals surface area contributed by atoms with Gasteiger partial charge in [-0.3, -0.25) is 0 Å². The van der Waals surface area contributed by atoms with Gasteiger partial charge in [-0.05, 0) is 0 Å². The summed E-state index contributed by atoms with van der Waals surface area (Å²) in [5.41, 5.74) is 0.722. The Bertz CT molecular complexity index is 511. The molecule has 1 aromatic rings. The second-order valence-corrected chi connectivity index (χ2v) is 5.44. The minimum atomic E-state index is -0.291. The Morgan fingerprint density at radius 2 is 2.05 bits per heavy atom. The molecule has 1 amide bonds. The van der Waals surface area contributed by atoms with E-state index in [-0.39, 0.29) is 18.2 Å². The molecular formula is C15H19BN2O3. The molecule has 1 aromatic carbocycles. The van der Waals surface area contributed by atoms with Crippen molar-refractivity contribution in [3.63, 3.8) is 0 Å². The molecular weight excluding hydrogens is 267 g/mol. The first-order chi connectivity index (χ1) is 10.1. The SMILES string of the molecule is CC1(N=CB=O)CCN(C(=O)OCc2ccccc2)CC1. The number of carbonyl (C=O) groups is 1. The van der Waals surface area contributed by atoms with Crippen LogP contribution in [0.25, 0.3) is 0 Å². The van der Waals surface area contributed by atoms with E-state index in [1.165, 1.54) is 6.11 Å². The minimum absolute atomic E-state index is 0.253. The van der Waals surface area contributed by atoms with Crippen molar-refractivity contribution in [3.05, 3.63) is 35.9 Å². The van der Waals surface area contributed by atoms with Crippen molar-refractivity contribution in [1.82, 2.24) is 4.90 Å². The molecule has 0 bridgehead atoms.